The van der Waals surface area contributed by atoms with Gasteiger partial charge in [0.2, 0.25) is 5.91 Å². The van der Waals surface area contributed by atoms with Crippen molar-refractivity contribution in [2.75, 3.05) is 17.6 Å². The van der Waals surface area contributed by atoms with E-state index in [9.17, 15) is 14.4 Å². The lowest BCUT2D eigenvalue weighted by atomic mass is 9.97. The smallest absolute Gasteiger partial charge is 0.408 e. The minimum absolute atomic E-state index is 0.0587. The molecule has 0 saturated carbocycles. The van der Waals surface area contributed by atoms with Crippen LogP contribution in [0.1, 0.15) is 100 Å². The molecular weight excluding hydrogens is 546 g/mol. The molecule has 0 aliphatic carbocycles. The fraction of sp³-hybridized carbons (Fsp3) is 0.559. The van der Waals surface area contributed by atoms with Crippen LogP contribution in [0.5, 0.6) is 0 Å². The molecule has 0 aliphatic heterocycles. The molecule has 0 aliphatic rings. The second kappa shape index (κ2) is 16.6. The van der Waals surface area contributed by atoms with E-state index >= 15 is 0 Å². The number of aryl methyl sites for hydroxylation is 4. The number of alkyl carbamates (subject to hydrolysis) is 1. The number of unbranched alkanes of at least 4 members (excludes halogenated alkanes) is 5. The van der Waals surface area contributed by atoms with E-state index in [0.29, 0.717) is 6.54 Å². The van der Waals surface area contributed by atoms with E-state index in [2.05, 4.69) is 30.2 Å². The SMILES string of the molecule is CCCCCCCCN(C(=O)C(CS)NC(=O)OC(C)(C)C)C(C(=O)Nc1c(C)cccc1C)c1cc(C)cc(C)c1. The van der Waals surface area contributed by atoms with Crippen molar-refractivity contribution >= 4 is 36.2 Å². The third-order valence-corrected chi connectivity index (χ3v) is 7.42. The zero-order valence-electron chi connectivity index (χ0n) is 26.8. The molecule has 2 unspecified atom stereocenters. The number of hydrogen-bond acceptors (Lipinski definition) is 5. The van der Waals surface area contributed by atoms with E-state index < -0.39 is 23.8 Å². The highest BCUT2D eigenvalue weighted by Crippen LogP contribution is 2.29. The standard InChI is InChI=1S/C34H51N3O4S/c1-9-10-11-12-13-14-18-37(32(39)28(22-42)35-33(40)41-34(6,7)8)30(27-20-23(2)19-24(3)21-27)31(38)36-29-25(4)16-15-17-26(29)5/h15-17,19-21,28,30,42H,9-14,18,22H2,1-8H3,(H,35,40)(H,36,38). The van der Waals surface area contributed by atoms with Gasteiger partial charge in [0, 0.05) is 18.0 Å². The number of benzene rings is 2. The van der Waals surface area contributed by atoms with Gasteiger partial charge in [0.25, 0.3) is 5.91 Å². The molecule has 2 rings (SSSR count). The molecule has 232 valence electrons. The first-order chi connectivity index (χ1) is 19.8. The largest absolute Gasteiger partial charge is 0.444 e. The van der Waals surface area contributed by atoms with Gasteiger partial charge < -0.3 is 20.3 Å². The molecule has 0 bridgehead atoms. The van der Waals surface area contributed by atoms with E-state index in [1.807, 2.05) is 64.1 Å². The van der Waals surface area contributed by atoms with Crippen LogP contribution in [0, 0.1) is 27.7 Å². The van der Waals surface area contributed by atoms with Gasteiger partial charge in [-0.25, -0.2) is 4.79 Å². The average molecular weight is 598 g/mol. The maximum absolute atomic E-state index is 14.2. The van der Waals surface area contributed by atoms with Crippen LogP contribution >= 0.6 is 12.6 Å². The maximum atomic E-state index is 14.2. The van der Waals surface area contributed by atoms with Crippen molar-refractivity contribution in [1.82, 2.24) is 10.2 Å². The maximum Gasteiger partial charge on any atom is 0.408 e. The quantitative estimate of drug-likeness (QED) is 0.154. The normalized spacial score (nSPS) is 12.8. The molecule has 0 fully saturated rings. The Bertz CT molecular complexity index is 1170. The van der Waals surface area contributed by atoms with Gasteiger partial charge in [0.05, 0.1) is 0 Å². The summed E-state index contributed by atoms with van der Waals surface area (Å²) in [7, 11) is 0. The summed E-state index contributed by atoms with van der Waals surface area (Å²) in [4.78, 5) is 42.8. The Morgan fingerprint density at radius 1 is 0.905 bits per heavy atom. The third kappa shape index (κ3) is 11.0. The van der Waals surface area contributed by atoms with Crippen molar-refractivity contribution in [3.05, 3.63) is 64.2 Å². The van der Waals surface area contributed by atoms with E-state index in [-0.39, 0.29) is 17.6 Å². The van der Waals surface area contributed by atoms with Crippen molar-refractivity contribution in [1.29, 1.82) is 0 Å². The Morgan fingerprint density at radius 2 is 1.48 bits per heavy atom. The molecular formula is C34H51N3O4S. The van der Waals surface area contributed by atoms with E-state index in [1.54, 1.807) is 25.7 Å². The Balaban J connectivity index is 2.54. The molecule has 8 heteroatoms. The molecule has 0 saturated heterocycles. The van der Waals surface area contributed by atoms with E-state index in [1.165, 1.54) is 6.42 Å². The zero-order valence-corrected chi connectivity index (χ0v) is 27.7. The highest BCUT2D eigenvalue weighted by molar-refractivity contribution is 7.80. The Labute approximate surface area is 258 Å². The second-order valence-electron chi connectivity index (χ2n) is 12.3. The summed E-state index contributed by atoms with van der Waals surface area (Å²) < 4.78 is 5.43. The Morgan fingerprint density at radius 3 is 2.02 bits per heavy atom. The Kier molecular flexibility index (Phi) is 13.9. The lowest BCUT2D eigenvalue weighted by Gasteiger charge is -2.35. The van der Waals surface area contributed by atoms with Crippen molar-refractivity contribution in [2.24, 2.45) is 0 Å². The number of amides is 3. The molecule has 0 heterocycles. The summed E-state index contributed by atoms with van der Waals surface area (Å²) in [5.41, 5.74) is 4.62. The predicted octanol–water partition coefficient (Wildman–Crippen LogP) is 7.61. The first kappa shape index (κ1) is 35.2. The lowest BCUT2D eigenvalue weighted by Crippen LogP contribution is -2.53. The molecule has 0 aromatic heterocycles. The molecule has 7 nitrogen and oxygen atoms in total. The van der Waals surface area contributed by atoms with Crippen LogP contribution < -0.4 is 10.6 Å². The van der Waals surface area contributed by atoms with E-state index in [0.717, 1.165) is 65.6 Å². The van der Waals surface area contributed by atoms with Gasteiger partial charge in [-0.1, -0.05) is 86.6 Å². The highest BCUT2D eigenvalue weighted by atomic mass is 32.1. The van der Waals surface area contributed by atoms with Gasteiger partial charge >= 0.3 is 6.09 Å². The first-order valence-corrected chi connectivity index (χ1v) is 15.8. The van der Waals surface area contributed by atoms with Crippen LogP contribution in [-0.2, 0) is 14.3 Å². The number of anilines is 1. The molecule has 42 heavy (non-hydrogen) atoms. The summed E-state index contributed by atoms with van der Waals surface area (Å²) in [6, 6.07) is 9.95. The van der Waals surface area contributed by atoms with E-state index in [4.69, 9.17) is 4.74 Å². The summed E-state index contributed by atoms with van der Waals surface area (Å²) >= 11 is 4.41. The minimum atomic E-state index is -0.968. The van der Waals surface area contributed by atoms with Crippen molar-refractivity contribution < 1.29 is 19.1 Å². The average Bonchev–Trinajstić information content (AvgIpc) is 2.88. The van der Waals surface area contributed by atoms with Gasteiger partial charge in [-0.05, 0) is 71.6 Å². The van der Waals surface area contributed by atoms with Crippen molar-refractivity contribution in [2.45, 2.75) is 112 Å². The number of hydrogen-bond donors (Lipinski definition) is 3. The monoisotopic (exact) mass is 597 g/mol. The molecule has 2 aromatic carbocycles. The molecule has 3 amide bonds. The van der Waals surface area contributed by atoms with Crippen molar-refractivity contribution in [3.8, 4) is 0 Å². The van der Waals surface area contributed by atoms with Gasteiger partial charge in [0.15, 0.2) is 0 Å². The van der Waals surface area contributed by atoms with Crippen LogP contribution in [0.2, 0.25) is 0 Å². The fourth-order valence-corrected chi connectivity index (χ4v) is 5.36. The topological polar surface area (TPSA) is 87.7 Å². The minimum Gasteiger partial charge on any atom is -0.444 e. The number of nitrogens with zero attached hydrogens (tertiary/aromatic N) is 1. The van der Waals surface area contributed by atoms with Crippen LogP contribution in [0.25, 0.3) is 0 Å². The molecule has 2 N–H and O–H groups in total. The van der Waals surface area contributed by atoms with Crippen molar-refractivity contribution in [3.63, 3.8) is 0 Å². The first-order valence-electron chi connectivity index (χ1n) is 15.1. The molecule has 0 radical (unpaired) electrons. The lowest BCUT2D eigenvalue weighted by molar-refractivity contribution is -0.140. The number of para-hydroxylation sites is 1. The predicted molar refractivity (Wildman–Crippen MR) is 175 cm³/mol. The number of ether oxygens (including phenoxy) is 1. The summed E-state index contributed by atoms with van der Waals surface area (Å²) in [5, 5.41) is 5.83. The van der Waals surface area contributed by atoms with Crippen LogP contribution in [0.4, 0.5) is 10.5 Å². The third-order valence-electron chi connectivity index (χ3n) is 7.06. The van der Waals surface area contributed by atoms with Gasteiger partial charge in [-0.3, -0.25) is 9.59 Å². The molecule has 2 aromatic rings. The number of carbonyl (C=O) groups excluding carboxylic acids is 3. The highest BCUT2D eigenvalue weighted by Gasteiger charge is 2.36. The zero-order chi connectivity index (χ0) is 31.4. The molecule has 0 spiro atoms. The van der Waals surface area contributed by atoms with Crippen LogP contribution in [-0.4, -0.2) is 46.7 Å². The number of thiol groups is 1. The fourth-order valence-electron chi connectivity index (χ4n) is 5.11. The number of nitrogens with one attached hydrogen (secondary N) is 2. The summed E-state index contributed by atoms with van der Waals surface area (Å²) in [6.45, 7) is 15.7. The van der Waals surface area contributed by atoms with Gasteiger partial charge in [0.1, 0.15) is 17.7 Å². The number of rotatable bonds is 14. The Hall–Kier alpha value is -3.00. The second-order valence-corrected chi connectivity index (χ2v) is 12.6. The number of carbonyl (C=O) groups is 3. The van der Waals surface area contributed by atoms with Crippen LogP contribution in [0.3, 0.4) is 0 Å². The molecule has 2 atom stereocenters. The van der Waals surface area contributed by atoms with Gasteiger partial charge in [-0.15, -0.1) is 0 Å². The van der Waals surface area contributed by atoms with Gasteiger partial charge in [-0.2, -0.15) is 12.6 Å². The van der Waals surface area contributed by atoms with Crippen LogP contribution in [0.15, 0.2) is 36.4 Å². The summed E-state index contributed by atoms with van der Waals surface area (Å²) in [5.74, 6) is -0.611. The summed E-state index contributed by atoms with van der Waals surface area (Å²) in [6.07, 6.45) is 5.50.